The summed E-state index contributed by atoms with van der Waals surface area (Å²) in [7, 11) is 0. The summed E-state index contributed by atoms with van der Waals surface area (Å²) in [4.78, 5) is 15.4. The molecule has 118 valence electrons. The van der Waals surface area contributed by atoms with Crippen LogP contribution in [-0.2, 0) is 11.2 Å². The third-order valence-electron chi connectivity index (χ3n) is 4.02. The largest absolute Gasteiger partial charge is 0.361 e. The van der Waals surface area contributed by atoms with E-state index < -0.39 is 0 Å². The maximum atomic E-state index is 13.4. The molecule has 1 amide bonds. The lowest BCUT2D eigenvalue weighted by Crippen LogP contribution is -2.16. The molecule has 0 aliphatic carbocycles. The standard InChI is InChI=1S/C19H19FN2O/c1-11-6-12(2)19(13(3)7-11)22-18(23)8-14-10-21-17-5-4-15(20)9-16(14)17/h4-7,9-10,21H,8H2,1-3H3,(H,22,23). The van der Waals surface area contributed by atoms with Crippen molar-refractivity contribution >= 4 is 22.5 Å². The third kappa shape index (κ3) is 3.11. The molecule has 4 heteroatoms. The van der Waals surface area contributed by atoms with Crippen molar-refractivity contribution in [2.45, 2.75) is 27.2 Å². The van der Waals surface area contributed by atoms with Crippen LogP contribution in [0.15, 0.2) is 36.5 Å². The number of aromatic amines is 1. The second-order valence-corrected chi connectivity index (χ2v) is 6.00. The van der Waals surface area contributed by atoms with E-state index in [4.69, 9.17) is 0 Å². The van der Waals surface area contributed by atoms with Crippen molar-refractivity contribution in [2.24, 2.45) is 0 Å². The molecule has 0 radical (unpaired) electrons. The zero-order valence-electron chi connectivity index (χ0n) is 13.5. The molecule has 3 aromatic rings. The highest BCUT2D eigenvalue weighted by Gasteiger charge is 2.12. The van der Waals surface area contributed by atoms with Crippen LogP contribution >= 0.6 is 0 Å². The molecule has 0 saturated carbocycles. The first kappa shape index (κ1) is 15.3. The van der Waals surface area contributed by atoms with E-state index in [1.165, 1.54) is 17.7 Å². The number of carbonyl (C=O) groups is 1. The van der Waals surface area contributed by atoms with Crippen LogP contribution in [0.2, 0.25) is 0 Å². The molecule has 1 heterocycles. The minimum Gasteiger partial charge on any atom is -0.361 e. The van der Waals surface area contributed by atoms with Crippen molar-refractivity contribution in [2.75, 3.05) is 5.32 Å². The predicted molar refractivity (Wildman–Crippen MR) is 91.2 cm³/mol. The Morgan fingerprint density at radius 1 is 1.13 bits per heavy atom. The van der Waals surface area contributed by atoms with Gasteiger partial charge in [-0.05, 0) is 55.7 Å². The van der Waals surface area contributed by atoms with Gasteiger partial charge in [0.2, 0.25) is 5.91 Å². The van der Waals surface area contributed by atoms with Gasteiger partial charge in [-0.15, -0.1) is 0 Å². The molecule has 23 heavy (non-hydrogen) atoms. The van der Waals surface area contributed by atoms with Gasteiger partial charge in [0.05, 0.1) is 6.42 Å². The van der Waals surface area contributed by atoms with E-state index in [2.05, 4.69) is 10.3 Å². The fourth-order valence-electron chi connectivity index (χ4n) is 3.03. The summed E-state index contributed by atoms with van der Waals surface area (Å²) >= 11 is 0. The van der Waals surface area contributed by atoms with E-state index in [0.29, 0.717) is 0 Å². The highest BCUT2D eigenvalue weighted by molar-refractivity contribution is 5.96. The van der Waals surface area contributed by atoms with Crippen molar-refractivity contribution in [3.8, 4) is 0 Å². The van der Waals surface area contributed by atoms with Gasteiger partial charge in [-0.3, -0.25) is 4.79 Å². The number of hydrogen-bond acceptors (Lipinski definition) is 1. The Labute approximate surface area is 134 Å². The SMILES string of the molecule is Cc1cc(C)c(NC(=O)Cc2c[nH]c3ccc(F)cc23)c(C)c1. The number of aryl methyl sites for hydroxylation is 3. The van der Waals surface area contributed by atoms with Gasteiger partial charge in [-0.1, -0.05) is 17.7 Å². The number of amides is 1. The first-order valence-electron chi connectivity index (χ1n) is 7.57. The molecule has 0 atom stereocenters. The summed E-state index contributed by atoms with van der Waals surface area (Å²) in [5, 5.41) is 3.72. The van der Waals surface area contributed by atoms with E-state index in [0.717, 1.165) is 33.3 Å². The fourth-order valence-corrected chi connectivity index (χ4v) is 3.03. The normalized spacial score (nSPS) is 11.0. The summed E-state index contributed by atoms with van der Waals surface area (Å²) in [6.45, 7) is 6.00. The average Bonchev–Trinajstić information content (AvgIpc) is 2.85. The van der Waals surface area contributed by atoms with Crippen LogP contribution in [0.25, 0.3) is 10.9 Å². The maximum Gasteiger partial charge on any atom is 0.228 e. The first-order chi connectivity index (χ1) is 10.9. The van der Waals surface area contributed by atoms with E-state index in [9.17, 15) is 9.18 Å². The van der Waals surface area contributed by atoms with Crippen LogP contribution in [0.4, 0.5) is 10.1 Å². The number of fused-ring (bicyclic) bond motifs is 1. The Kier molecular flexibility index (Phi) is 3.90. The molecule has 2 N–H and O–H groups in total. The lowest BCUT2D eigenvalue weighted by Gasteiger charge is -2.12. The average molecular weight is 310 g/mol. The Balaban J connectivity index is 1.83. The van der Waals surface area contributed by atoms with E-state index >= 15 is 0 Å². The highest BCUT2D eigenvalue weighted by atomic mass is 19.1. The number of rotatable bonds is 3. The Morgan fingerprint density at radius 2 is 1.83 bits per heavy atom. The second-order valence-electron chi connectivity index (χ2n) is 6.00. The van der Waals surface area contributed by atoms with Crippen LogP contribution in [0.1, 0.15) is 22.3 Å². The molecule has 0 aliphatic heterocycles. The third-order valence-corrected chi connectivity index (χ3v) is 4.02. The zero-order valence-corrected chi connectivity index (χ0v) is 13.5. The molecular weight excluding hydrogens is 291 g/mol. The number of benzene rings is 2. The van der Waals surface area contributed by atoms with Gasteiger partial charge in [-0.25, -0.2) is 4.39 Å². The number of hydrogen-bond donors (Lipinski definition) is 2. The lowest BCUT2D eigenvalue weighted by atomic mass is 10.0. The molecule has 0 unspecified atom stereocenters. The molecule has 0 fully saturated rings. The Morgan fingerprint density at radius 3 is 2.52 bits per heavy atom. The summed E-state index contributed by atoms with van der Waals surface area (Å²) in [6, 6.07) is 8.63. The summed E-state index contributed by atoms with van der Waals surface area (Å²) in [5.74, 6) is -0.408. The van der Waals surface area contributed by atoms with E-state index in [-0.39, 0.29) is 18.1 Å². The van der Waals surface area contributed by atoms with Crippen LogP contribution in [0.5, 0.6) is 0 Å². The molecule has 3 nitrogen and oxygen atoms in total. The smallest absolute Gasteiger partial charge is 0.228 e. The molecule has 1 aromatic heterocycles. The van der Waals surface area contributed by atoms with Gasteiger partial charge in [0.25, 0.3) is 0 Å². The minimum absolute atomic E-state index is 0.106. The number of H-pyrrole nitrogens is 1. The monoisotopic (exact) mass is 310 g/mol. The first-order valence-corrected chi connectivity index (χ1v) is 7.57. The van der Waals surface area contributed by atoms with Gasteiger partial charge in [0.15, 0.2) is 0 Å². The van der Waals surface area contributed by atoms with Crippen LogP contribution < -0.4 is 5.32 Å². The molecule has 3 rings (SSSR count). The maximum absolute atomic E-state index is 13.4. The Bertz CT molecular complexity index is 873. The lowest BCUT2D eigenvalue weighted by molar-refractivity contribution is -0.115. The van der Waals surface area contributed by atoms with Gasteiger partial charge < -0.3 is 10.3 Å². The van der Waals surface area contributed by atoms with Gasteiger partial charge in [0.1, 0.15) is 5.82 Å². The van der Waals surface area contributed by atoms with Crippen LogP contribution in [0, 0.1) is 26.6 Å². The van der Waals surface area contributed by atoms with Crippen LogP contribution in [0.3, 0.4) is 0 Å². The number of aromatic nitrogens is 1. The van der Waals surface area contributed by atoms with E-state index in [1.54, 1.807) is 12.3 Å². The van der Waals surface area contributed by atoms with Crippen molar-refractivity contribution in [1.29, 1.82) is 0 Å². The fraction of sp³-hybridized carbons (Fsp3) is 0.211. The summed E-state index contributed by atoms with van der Waals surface area (Å²) in [5.41, 5.74) is 5.73. The molecule has 0 bridgehead atoms. The number of anilines is 1. The van der Waals surface area contributed by atoms with E-state index in [1.807, 2.05) is 32.9 Å². The second kappa shape index (κ2) is 5.88. The quantitative estimate of drug-likeness (QED) is 0.739. The number of halogens is 1. The summed E-state index contributed by atoms with van der Waals surface area (Å²) < 4.78 is 13.4. The van der Waals surface area contributed by atoms with Gasteiger partial charge >= 0.3 is 0 Å². The number of carbonyl (C=O) groups excluding carboxylic acids is 1. The molecule has 0 spiro atoms. The molecule has 0 aliphatic rings. The van der Waals surface area contributed by atoms with Gasteiger partial charge in [0, 0.05) is 22.8 Å². The predicted octanol–water partition coefficient (Wildman–Crippen LogP) is 4.41. The van der Waals surface area contributed by atoms with Crippen molar-refractivity contribution in [3.63, 3.8) is 0 Å². The summed E-state index contributed by atoms with van der Waals surface area (Å²) in [6.07, 6.45) is 1.97. The molecule has 0 saturated heterocycles. The van der Waals surface area contributed by atoms with Crippen molar-refractivity contribution in [1.82, 2.24) is 4.98 Å². The van der Waals surface area contributed by atoms with Crippen molar-refractivity contribution in [3.05, 3.63) is 64.6 Å². The molecule has 2 aromatic carbocycles. The van der Waals surface area contributed by atoms with Gasteiger partial charge in [-0.2, -0.15) is 0 Å². The molecular formula is C19H19FN2O. The Hall–Kier alpha value is -2.62. The topological polar surface area (TPSA) is 44.9 Å². The van der Waals surface area contributed by atoms with Crippen LogP contribution in [-0.4, -0.2) is 10.9 Å². The zero-order chi connectivity index (χ0) is 16.6. The van der Waals surface area contributed by atoms with Crippen molar-refractivity contribution < 1.29 is 9.18 Å². The highest BCUT2D eigenvalue weighted by Crippen LogP contribution is 2.23. The minimum atomic E-state index is -0.302. The number of nitrogens with one attached hydrogen (secondary N) is 2.